The summed E-state index contributed by atoms with van der Waals surface area (Å²) in [5, 5.41) is 10.8. The smallest absolute Gasteiger partial charge is 0.300 e. The molecule has 0 aliphatic heterocycles. The van der Waals surface area contributed by atoms with Gasteiger partial charge in [0.15, 0.2) is 4.34 Å². The number of hydrogen-bond donors (Lipinski definition) is 0. The van der Waals surface area contributed by atoms with Gasteiger partial charge in [-0.3, -0.25) is 10.1 Å². The highest BCUT2D eigenvalue weighted by Crippen LogP contribution is 2.37. The molecule has 0 atom stereocenters. The minimum atomic E-state index is -3.76. The van der Waals surface area contributed by atoms with Gasteiger partial charge in [0.1, 0.15) is 4.21 Å². The van der Waals surface area contributed by atoms with E-state index in [0.717, 1.165) is 17.4 Å². The topological polar surface area (TPSA) is 83.8 Å². The van der Waals surface area contributed by atoms with Crippen LogP contribution in [0.25, 0.3) is 0 Å². The summed E-state index contributed by atoms with van der Waals surface area (Å²) in [6, 6.07) is 1.03. The Labute approximate surface area is 133 Å². The predicted molar refractivity (Wildman–Crippen MR) is 83.6 cm³/mol. The van der Waals surface area contributed by atoms with Crippen molar-refractivity contribution in [3.05, 3.63) is 20.5 Å². The van der Waals surface area contributed by atoms with Crippen molar-refractivity contribution >= 4 is 38.6 Å². The normalized spacial score (nSPS) is 12.3. The summed E-state index contributed by atoms with van der Waals surface area (Å²) in [5.74, 6) is 0. The SMILES string of the molecule is CCCN(CCN(C)C)S(=O)(=O)c1cc([N+](=O)[O-])c(Cl)s1. The predicted octanol–water partition coefficient (Wildman–Crippen LogP) is 2.27. The maximum atomic E-state index is 12.6. The number of nitro groups is 1. The summed E-state index contributed by atoms with van der Waals surface area (Å²) >= 11 is 6.46. The van der Waals surface area contributed by atoms with E-state index in [1.54, 1.807) is 0 Å². The zero-order valence-electron chi connectivity index (χ0n) is 12.1. The van der Waals surface area contributed by atoms with Crippen LogP contribution < -0.4 is 0 Å². The van der Waals surface area contributed by atoms with Crippen molar-refractivity contribution in [2.45, 2.75) is 17.6 Å². The first kappa shape index (κ1) is 18.3. The van der Waals surface area contributed by atoms with Crippen molar-refractivity contribution in [3.8, 4) is 0 Å². The highest BCUT2D eigenvalue weighted by Gasteiger charge is 2.30. The monoisotopic (exact) mass is 355 g/mol. The van der Waals surface area contributed by atoms with Crippen molar-refractivity contribution in [1.82, 2.24) is 9.21 Å². The molecule has 0 N–H and O–H groups in total. The minimum Gasteiger partial charge on any atom is -0.308 e. The van der Waals surface area contributed by atoms with E-state index in [1.165, 1.54) is 4.31 Å². The van der Waals surface area contributed by atoms with Gasteiger partial charge in [0.05, 0.1) is 4.92 Å². The molecule has 1 heterocycles. The van der Waals surface area contributed by atoms with Gasteiger partial charge in [0, 0.05) is 25.7 Å². The van der Waals surface area contributed by atoms with E-state index in [4.69, 9.17) is 11.6 Å². The lowest BCUT2D eigenvalue weighted by Gasteiger charge is -2.22. The second-order valence-electron chi connectivity index (χ2n) is 4.69. The van der Waals surface area contributed by atoms with Gasteiger partial charge in [-0.05, 0) is 20.5 Å². The maximum Gasteiger partial charge on any atom is 0.300 e. The first-order chi connectivity index (χ1) is 9.70. The molecule has 1 aromatic heterocycles. The Morgan fingerprint density at radius 3 is 2.38 bits per heavy atom. The number of sulfonamides is 1. The Kier molecular flexibility index (Phi) is 6.54. The van der Waals surface area contributed by atoms with E-state index in [2.05, 4.69) is 0 Å². The zero-order chi connectivity index (χ0) is 16.2. The molecule has 0 aliphatic rings. The molecular weight excluding hydrogens is 338 g/mol. The summed E-state index contributed by atoms with van der Waals surface area (Å²) < 4.78 is 26.2. The van der Waals surface area contributed by atoms with Crippen molar-refractivity contribution in [3.63, 3.8) is 0 Å². The van der Waals surface area contributed by atoms with Crippen LogP contribution in [0.4, 0.5) is 5.69 Å². The lowest BCUT2D eigenvalue weighted by Crippen LogP contribution is -2.36. The minimum absolute atomic E-state index is 0.0913. The van der Waals surface area contributed by atoms with Crippen LogP contribution in [0, 0.1) is 10.1 Å². The van der Waals surface area contributed by atoms with Gasteiger partial charge in [-0.15, -0.1) is 11.3 Å². The Morgan fingerprint density at radius 2 is 1.95 bits per heavy atom. The highest BCUT2D eigenvalue weighted by atomic mass is 35.5. The molecular formula is C11H18ClN3O4S2. The summed E-state index contributed by atoms with van der Waals surface area (Å²) in [5.41, 5.74) is -0.371. The Hall–Kier alpha value is -0.740. The molecule has 0 aliphatic carbocycles. The fourth-order valence-corrected chi connectivity index (χ4v) is 4.97. The van der Waals surface area contributed by atoms with Crippen LogP contribution in [0.15, 0.2) is 10.3 Å². The van der Waals surface area contributed by atoms with E-state index in [0.29, 0.717) is 26.1 Å². The second kappa shape index (κ2) is 7.50. The molecule has 0 amide bonds. The highest BCUT2D eigenvalue weighted by molar-refractivity contribution is 7.91. The van der Waals surface area contributed by atoms with Crippen LogP contribution in [-0.2, 0) is 10.0 Å². The summed E-state index contributed by atoms with van der Waals surface area (Å²) in [4.78, 5) is 12.0. The molecule has 21 heavy (non-hydrogen) atoms. The molecule has 0 unspecified atom stereocenters. The molecule has 0 spiro atoms. The van der Waals surface area contributed by atoms with Crippen LogP contribution in [0.2, 0.25) is 4.34 Å². The van der Waals surface area contributed by atoms with Gasteiger partial charge in [-0.2, -0.15) is 4.31 Å². The first-order valence-electron chi connectivity index (χ1n) is 6.28. The molecule has 0 saturated heterocycles. The third kappa shape index (κ3) is 4.62. The maximum absolute atomic E-state index is 12.6. The average molecular weight is 356 g/mol. The van der Waals surface area contributed by atoms with Gasteiger partial charge >= 0.3 is 0 Å². The fourth-order valence-electron chi connectivity index (χ4n) is 1.63. The van der Waals surface area contributed by atoms with Crippen LogP contribution in [-0.4, -0.2) is 56.3 Å². The molecule has 1 rings (SSSR count). The molecule has 0 saturated carbocycles. The zero-order valence-corrected chi connectivity index (χ0v) is 14.5. The number of halogens is 1. The molecule has 0 fully saturated rings. The van der Waals surface area contributed by atoms with Crippen LogP contribution in [0.1, 0.15) is 13.3 Å². The summed E-state index contributed by atoms with van der Waals surface area (Å²) in [6.45, 7) is 3.13. The average Bonchev–Trinajstić information content (AvgIpc) is 2.77. The van der Waals surface area contributed by atoms with Crippen LogP contribution >= 0.6 is 22.9 Å². The Balaban J connectivity index is 3.10. The van der Waals surface area contributed by atoms with E-state index in [-0.39, 0.29) is 14.2 Å². The van der Waals surface area contributed by atoms with Crippen LogP contribution in [0.5, 0.6) is 0 Å². The third-order valence-electron chi connectivity index (χ3n) is 2.71. The van der Waals surface area contributed by atoms with E-state index >= 15 is 0 Å². The molecule has 1 aromatic rings. The molecule has 10 heteroatoms. The second-order valence-corrected chi connectivity index (χ2v) is 8.51. The molecule has 7 nitrogen and oxygen atoms in total. The van der Waals surface area contributed by atoms with Gasteiger partial charge in [-0.25, -0.2) is 8.42 Å². The van der Waals surface area contributed by atoms with Gasteiger partial charge < -0.3 is 4.90 Å². The third-order valence-corrected chi connectivity index (χ3v) is 6.39. The number of rotatable bonds is 8. The summed E-state index contributed by atoms with van der Waals surface area (Å²) in [7, 11) is -0.0562. The van der Waals surface area contributed by atoms with Crippen LogP contribution in [0.3, 0.4) is 0 Å². The van der Waals surface area contributed by atoms with Crippen molar-refractivity contribution < 1.29 is 13.3 Å². The van der Waals surface area contributed by atoms with Crippen molar-refractivity contribution in [1.29, 1.82) is 0 Å². The standard InChI is InChI=1S/C11H18ClN3O4S2/c1-4-5-14(7-6-13(2)3)21(18,19)10-8-9(15(16)17)11(12)20-10/h8H,4-7H2,1-3H3. The van der Waals surface area contributed by atoms with E-state index < -0.39 is 14.9 Å². The van der Waals surface area contributed by atoms with E-state index in [9.17, 15) is 18.5 Å². The van der Waals surface area contributed by atoms with Gasteiger partial charge in [-0.1, -0.05) is 18.5 Å². The lowest BCUT2D eigenvalue weighted by molar-refractivity contribution is -0.384. The Morgan fingerprint density at radius 1 is 1.33 bits per heavy atom. The number of likely N-dealkylation sites (N-methyl/N-ethyl adjacent to an activating group) is 1. The molecule has 120 valence electrons. The largest absolute Gasteiger partial charge is 0.308 e. The number of thiophene rings is 1. The molecule has 0 bridgehead atoms. The van der Waals surface area contributed by atoms with Gasteiger partial charge in [0.2, 0.25) is 0 Å². The van der Waals surface area contributed by atoms with E-state index in [1.807, 2.05) is 25.9 Å². The number of nitrogens with zero attached hydrogens (tertiary/aromatic N) is 3. The molecule has 0 radical (unpaired) electrons. The van der Waals surface area contributed by atoms with Crippen molar-refractivity contribution in [2.75, 3.05) is 33.7 Å². The molecule has 0 aromatic carbocycles. The lowest BCUT2D eigenvalue weighted by atomic mass is 10.4. The quantitative estimate of drug-likeness (QED) is 0.527. The summed E-state index contributed by atoms with van der Waals surface area (Å²) in [6.07, 6.45) is 0.661. The van der Waals surface area contributed by atoms with Gasteiger partial charge in [0.25, 0.3) is 15.7 Å². The Bertz CT molecular complexity index is 601. The van der Waals surface area contributed by atoms with Crippen molar-refractivity contribution in [2.24, 2.45) is 0 Å². The fraction of sp³-hybridized carbons (Fsp3) is 0.636. The first-order valence-corrected chi connectivity index (χ1v) is 8.92. The number of hydrogen-bond acceptors (Lipinski definition) is 6.